The smallest absolute Gasteiger partial charge is 0.303 e. The van der Waals surface area contributed by atoms with Crippen molar-refractivity contribution in [2.24, 2.45) is 0 Å². The number of nitrogens with zero attached hydrogens (tertiary/aromatic N) is 3. The van der Waals surface area contributed by atoms with Gasteiger partial charge in [-0.3, -0.25) is 19.2 Å². The van der Waals surface area contributed by atoms with Crippen LogP contribution in [-0.2, 0) is 42.9 Å². The van der Waals surface area contributed by atoms with Crippen molar-refractivity contribution in [1.82, 2.24) is 9.55 Å². The van der Waals surface area contributed by atoms with E-state index in [1.807, 2.05) is 0 Å². The van der Waals surface area contributed by atoms with Gasteiger partial charge in [-0.1, -0.05) is 11.6 Å². The lowest BCUT2D eigenvalue weighted by atomic mass is 9.98. The maximum absolute atomic E-state index is 12.1. The predicted octanol–water partition coefficient (Wildman–Crippen LogP) is 3.01. The first-order valence-corrected chi connectivity index (χ1v) is 13.0. The van der Waals surface area contributed by atoms with Gasteiger partial charge in [0.2, 0.25) is 12.4 Å². The molecule has 3 heterocycles. The van der Waals surface area contributed by atoms with Crippen LogP contribution < -0.4 is 4.74 Å². The van der Waals surface area contributed by atoms with Gasteiger partial charge in [0.05, 0.1) is 10.6 Å². The Hall–Kier alpha value is -4.67. The Morgan fingerprint density at radius 3 is 2.24 bits per heavy atom. The molecule has 0 unspecified atom stereocenters. The lowest BCUT2D eigenvalue weighted by Crippen LogP contribution is -2.63. The molecule has 1 saturated heterocycles. The van der Waals surface area contributed by atoms with Crippen LogP contribution in [0.3, 0.4) is 0 Å². The van der Waals surface area contributed by atoms with Crippen LogP contribution in [0.2, 0.25) is 5.02 Å². The minimum Gasteiger partial charge on any atom is -0.463 e. The minimum absolute atomic E-state index is 0.109. The van der Waals surface area contributed by atoms with Crippen molar-refractivity contribution in [2.75, 3.05) is 6.61 Å². The number of carbonyl (C=O) groups is 4. The van der Waals surface area contributed by atoms with Crippen molar-refractivity contribution in [3.63, 3.8) is 0 Å². The van der Waals surface area contributed by atoms with Crippen molar-refractivity contribution >= 4 is 46.5 Å². The fourth-order valence-electron chi connectivity index (χ4n) is 4.44. The lowest BCUT2D eigenvalue weighted by molar-refractivity contribution is -0.288. The molecule has 1 aliphatic rings. The van der Waals surface area contributed by atoms with E-state index in [1.165, 1.54) is 13.1 Å². The van der Waals surface area contributed by atoms with Crippen LogP contribution in [0.5, 0.6) is 5.75 Å². The Morgan fingerprint density at radius 1 is 0.952 bits per heavy atom. The summed E-state index contributed by atoms with van der Waals surface area (Å²) in [5.74, 6) is -2.81. The molecular weight excluding hydrogens is 574 g/mol. The second-order valence-corrected chi connectivity index (χ2v) is 9.64. The van der Waals surface area contributed by atoms with Gasteiger partial charge < -0.3 is 33.0 Å². The van der Waals surface area contributed by atoms with Gasteiger partial charge in [0.15, 0.2) is 12.2 Å². The minimum atomic E-state index is -1.44. The Morgan fingerprint density at radius 2 is 1.62 bits per heavy atom. The third-order valence-electron chi connectivity index (χ3n) is 6.04. The highest BCUT2D eigenvalue weighted by atomic mass is 35.5. The molecule has 0 bridgehead atoms. The molecule has 14 heteroatoms. The summed E-state index contributed by atoms with van der Waals surface area (Å²) in [6.45, 7) is 4.16. The van der Waals surface area contributed by atoms with E-state index in [2.05, 4.69) is 11.1 Å². The number of fused-ring (bicyclic) bond motifs is 1. The van der Waals surface area contributed by atoms with Gasteiger partial charge in [0.1, 0.15) is 30.2 Å². The Bertz CT molecular complexity index is 1560. The molecule has 1 aliphatic heterocycles. The molecule has 1 aromatic carbocycles. The summed E-state index contributed by atoms with van der Waals surface area (Å²) in [5.41, 5.74) is 1.64. The first-order valence-electron chi connectivity index (χ1n) is 12.6. The quantitative estimate of drug-likeness (QED) is 0.275. The average Bonchev–Trinajstić information content (AvgIpc) is 3.34. The second-order valence-electron chi connectivity index (χ2n) is 9.23. The summed E-state index contributed by atoms with van der Waals surface area (Å²) >= 11 is 6.59. The zero-order valence-corrected chi connectivity index (χ0v) is 23.7. The second kappa shape index (κ2) is 12.9. The van der Waals surface area contributed by atoms with E-state index in [1.54, 1.807) is 41.1 Å². The van der Waals surface area contributed by atoms with Crippen LogP contribution in [0, 0.1) is 11.3 Å². The van der Waals surface area contributed by atoms with Crippen LogP contribution in [0.1, 0.15) is 33.3 Å². The van der Waals surface area contributed by atoms with Gasteiger partial charge >= 0.3 is 23.9 Å². The highest BCUT2D eigenvalue weighted by Gasteiger charge is 2.53. The number of esters is 4. The van der Waals surface area contributed by atoms with E-state index in [-0.39, 0.29) is 10.8 Å². The number of carbonyl (C=O) groups excluding carboxylic acids is 4. The fraction of sp³-hybridized carbons (Fsp3) is 0.357. The summed E-state index contributed by atoms with van der Waals surface area (Å²) in [5, 5.41) is 10.0. The summed E-state index contributed by atoms with van der Waals surface area (Å²) < 4.78 is 35.0. The largest absolute Gasteiger partial charge is 0.463 e. The van der Waals surface area contributed by atoms with Crippen LogP contribution in [-0.4, -0.2) is 70.7 Å². The summed E-state index contributed by atoms with van der Waals surface area (Å²) in [6, 6.07) is 10.4. The number of hydrogen-bond acceptors (Lipinski definition) is 12. The predicted molar refractivity (Wildman–Crippen MR) is 143 cm³/mol. The number of aromatic nitrogens is 2. The Balaban J connectivity index is 1.68. The molecule has 0 radical (unpaired) electrons. The monoisotopic (exact) mass is 599 g/mol. The lowest BCUT2D eigenvalue weighted by Gasteiger charge is -2.44. The third-order valence-corrected chi connectivity index (χ3v) is 6.34. The molecular formula is C28H26ClN3O10. The number of ether oxygens (including phenoxy) is 6. The molecule has 42 heavy (non-hydrogen) atoms. The van der Waals surface area contributed by atoms with Crippen LogP contribution in [0.15, 0.2) is 42.7 Å². The molecule has 0 aliphatic carbocycles. The normalized spacial score (nSPS) is 21.6. The maximum atomic E-state index is 12.1. The number of benzene rings is 1. The van der Waals surface area contributed by atoms with Crippen LogP contribution >= 0.6 is 11.6 Å². The molecule has 2 aromatic heterocycles. The van der Waals surface area contributed by atoms with Crippen molar-refractivity contribution < 1.29 is 47.6 Å². The first-order chi connectivity index (χ1) is 20.0. The van der Waals surface area contributed by atoms with Gasteiger partial charge in [-0.05, 0) is 30.3 Å². The number of nitriles is 1. The Labute approximate surface area is 244 Å². The zero-order chi connectivity index (χ0) is 30.6. The molecule has 3 aromatic rings. The van der Waals surface area contributed by atoms with Crippen molar-refractivity contribution in [3.8, 4) is 17.5 Å². The van der Waals surface area contributed by atoms with E-state index >= 15 is 0 Å². The van der Waals surface area contributed by atoms with Crippen molar-refractivity contribution in [1.29, 1.82) is 5.26 Å². The van der Waals surface area contributed by atoms with Gasteiger partial charge in [0, 0.05) is 51.2 Å². The topological polar surface area (TPSA) is 165 Å². The average molecular weight is 600 g/mol. The summed E-state index contributed by atoms with van der Waals surface area (Å²) in [4.78, 5) is 51.9. The number of pyridine rings is 1. The van der Waals surface area contributed by atoms with Gasteiger partial charge in [-0.15, -0.1) is 0 Å². The van der Waals surface area contributed by atoms with Gasteiger partial charge in [0.25, 0.3) is 0 Å². The van der Waals surface area contributed by atoms with E-state index in [4.69, 9.17) is 45.3 Å². The maximum Gasteiger partial charge on any atom is 0.303 e. The van der Waals surface area contributed by atoms with Gasteiger partial charge in [-0.2, -0.15) is 5.26 Å². The van der Waals surface area contributed by atoms with E-state index < -0.39 is 61.2 Å². The molecule has 0 N–H and O–H groups in total. The number of halogens is 1. The fourth-order valence-corrected chi connectivity index (χ4v) is 4.66. The molecule has 1 fully saturated rings. The molecule has 5 atom stereocenters. The van der Waals surface area contributed by atoms with E-state index in [0.717, 1.165) is 26.2 Å². The third kappa shape index (κ3) is 6.96. The molecule has 4 rings (SSSR count). The van der Waals surface area contributed by atoms with Crippen LogP contribution in [0.4, 0.5) is 0 Å². The summed E-state index contributed by atoms with van der Waals surface area (Å²) in [7, 11) is 0. The standard InChI is InChI=1S/C28H26ClN3O10/c1-14(33)37-13-23-24(38-15(2)34)25(39-16(3)35)26(40-17(4)36)28(42-23)41-22-6-5-20(10-21(22)29)32-8-7-19-9-18(11-30)12-31-27(19)32/h5-10,12,23-26,28H,13H2,1-4H3/t23-,24-,25+,26+,28+/m1/s1. The zero-order valence-electron chi connectivity index (χ0n) is 22.9. The number of rotatable bonds is 8. The highest BCUT2D eigenvalue weighted by molar-refractivity contribution is 6.32. The van der Waals surface area contributed by atoms with Gasteiger partial charge in [-0.25, -0.2) is 4.98 Å². The molecule has 13 nitrogen and oxygen atoms in total. The molecule has 0 saturated carbocycles. The highest BCUT2D eigenvalue weighted by Crippen LogP contribution is 2.34. The SMILES string of the molecule is CC(=O)OC[C@H]1O[C@H](Oc2ccc(-n3ccc4cc(C#N)cnc43)cc2Cl)[C@@H](OC(C)=O)[C@@H](OC(C)=O)[C@@H]1OC(C)=O. The molecule has 220 valence electrons. The summed E-state index contributed by atoms with van der Waals surface area (Å²) in [6.07, 6.45) is -3.49. The van der Waals surface area contributed by atoms with Crippen molar-refractivity contribution in [2.45, 2.75) is 58.4 Å². The van der Waals surface area contributed by atoms with E-state index in [9.17, 15) is 19.2 Å². The number of hydrogen-bond donors (Lipinski definition) is 0. The molecule has 0 spiro atoms. The first kappa shape index (κ1) is 30.3. The van der Waals surface area contributed by atoms with E-state index in [0.29, 0.717) is 16.9 Å². The van der Waals surface area contributed by atoms with Crippen LogP contribution in [0.25, 0.3) is 16.7 Å². The van der Waals surface area contributed by atoms with Crippen molar-refractivity contribution in [3.05, 3.63) is 53.3 Å². The molecule has 0 amide bonds. The Kier molecular flexibility index (Phi) is 9.29.